The predicted octanol–water partition coefficient (Wildman–Crippen LogP) is 2.99. The molecule has 10 nitrogen and oxygen atoms in total. The van der Waals surface area contributed by atoms with E-state index in [2.05, 4.69) is 88.0 Å². The molecule has 4 heterocycles. The highest BCUT2D eigenvalue weighted by molar-refractivity contribution is 5.94. The number of hydrogen-bond acceptors (Lipinski definition) is 8. The summed E-state index contributed by atoms with van der Waals surface area (Å²) in [5.41, 5.74) is 3.29. The van der Waals surface area contributed by atoms with Crippen LogP contribution in [0, 0.1) is 6.57 Å². The fourth-order valence-corrected chi connectivity index (χ4v) is 6.61. The molecule has 2 saturated heterocycles. The number of nitrogens with zero attached hydrogens (tertiary/aromatic N) is 7. The second-order valence-electron chi connectivity index (χ2n) is 11.9. The van der Waals surface area contributed by atoms with E-state index in [1.54, 1.807) is 4.90 Å². The van der Waals surface area contributed by atoms with Gasteiger partial charge in [0.1, 0.15) is 18.5 Å². The minimum Gasteiger partial charge on any atom is -0.462 e. The van der Waals surface area contributed by atoms with Crippen LogP contribution in [0.4, 0.5) is 11.5 Å². The quantitative estimate of drug-likeness (QED) is 0.322. The number of hydrogen-bond donors (Lipinski definition) is 1. The standard InChI is InChI=1S/C33H40N8O2/c1-5-31(42)41-16-15-40(20-26(41)18-34-2)32-28-13-14-39(30-12-8-10-23-9-6-7-11-27(23)30)21-29(28)36-33(37-32)43-22-24-17-25(19-35-24)38(3)4/h5-12,24-26,35H,1,13-22H2,3-4H3/t24-,25+,26-/m0/s1. The lowest BCUT2D eigenvalue weighted by atomic mass is 10.0. The lowest BCUT2D eigenvalue weighted by molar-refractivity contribution is -0.128. The molecule has 2 aromatic carbocycles. The molecule has 1 N–H and O–H groups in total. The van der Waals surface area contributed by atoms with E-state index >= 15 is 0 Å². The maximum Gasteiger partial charge on any atom is 0.318 e. The molecule has 6 rings (SSSR count). The fourth-order valence-electron chi connectivity index (χ4n) is 6.61. The number of aromatic nitrogens is 2. The molecule has 3 aromatic rings. The van der Waals surface area contributed by atoms with Gasteiger partial charge in [-0.05, 0) is 44.5 Å². The number of ether oxygens (including phenoxy) is 1. The molecule has 0 radical (unpaired) electrons. The van der Waals surface area contributed by atoms with Crippen LogP contribution in [0.2, 0.25) is 0 Å². The van der Waals surface area contributed by atoms with Gasteiger partial charge in [0.15, 0.2) is 0 Å². The minimum atomic E-state index is -0.229. The zero-order chi connectivity index (χ0) is 29.9. The highest BCUT2D eigenvalue weighted by atomic mass is 16.5. The average molecular weight is 581 g/mol. The van der Waals surface area contributed by atoms with E-state index in [4.69, 9.17) is 21.3 Å². The Morgan fingerprint density at radius 3 is 2.79 bits per heavy atom. The number of nitrogens with one attached hydrogen (secondary N) is 1. The van der Waals surface area contributed by atoms with Gasteiger partial charge >= 0.3 is 6.01 Å². The highest BCUT2D eigenvalue weighted by Crippen LogP contribution is 2.34. The molecule has 3 aliphatic heterocycles. The van der Waals surface area contributed by atoms with Crippen molar-refractivity contribution < 1.29 is 9.53 Å². The Kier molecular flexibility index (Phi) is 8.45. The van der Waals surface area contributed by atoms with Gasteiger partial charge < -0.3 is 34.5 Å². The molecule has 0 unspecified atom stereocenters. The third kappa shape index (κ3) is 6.01. The zero-order valence-electron chi connectivity index (χ0n) is 25.1. The van der Waals surface area contributed by atoms with Crippen LogP contribution >= 0.6 is 0 Å². The zero-order valence-corrected chi connectivity index (χ0v) is 25.1. The normalized spacial score (nSPS) is 22.0. The molecule has 3 aliphatic rings. The SMILES string of the molecule is [C-]#[N+]C[C@H]1CN(c2nc(OC[C@@H]3C[C@@H](N(C)C)CN3)nc3c2CCN(c2cccc4ccccc24)C3)CCN1C(=O)C=C. The van der Waals surface area contributed by atoms with Crippen LogP contribution in [-0.2, 0) is 17.8 Å². The van der Waals surface area contributed by atoms with Crippen molar-refractivity contribution in [1.82, 2.24) is 25.1 Å². The molecule has 0 bridgehead atoms. The topological polar surface area (TPSA) is 81.4 Å². The number of piperazine rings is 1. The Bertz CT molecular complexity index is 1530. The van der Waals surface area contributed by atoms with Gasteiger partial charge in [0, 0.05) is 61.4 Å². The van der Waals surface area contributed by atoms with Gasteiger partial charge in [-0.2, -0.15) is 9.97 Å². The lowest BCUT2D eigenvalue weighted by Gasteiger charge is -2.41. The molecular weight excluding hydrogens is 540 g/mol. The molecule has 2 fully saturated rings. The van der Waals surface area contributed by atoms with E-state index < -0.39 is 0 Å². The van der Waals surface area contributed by atoms with Gasteiger partial charge in [-0.3, -0.25) is 4.79 Å². The molecular formula is C33H40N8O2. The molecule has 3 atom stereocenters. The predicted molar refractivity (Wildman–Crippen MR) is 169 cm³/mol. The van der Waals surface area contributed by atoms with Crippen LogP contribution in [0.15, 0.2) is 55.1 Å². The Hall–Kier alpha value is -4.20. The van der Waals surface area contributed by atoms with E-state index in [1.165, 1.54) is 22.5 Å². The van der Waals surface area contributed by atoms with E-state index in [0.29, 0.717) is 44.8 Å². The monoisotopic (exact) mass is 580 g/mol. The van der Waals surface area contributed by atoms with Crippen molar-refractivity contribution in [3.63, 3.8) is 0 Å². The summed E-state index contributed by atoms with van der Waals surface area (Å²) in [6, 6.07) is 15.8. The van der Waals surface area contributed by atoms with Gasteiger partial charge in [0.05, 0.1) is 12.2 Å². The summed E-state index contributed by atoms with van der Waals surface area (Å²) < 4.78 is 6.30. The fraction of sp³-hybridized carbons (Fsp3) is 0.455. The second kappa shape index (κ2) is 12.6. The summed E-state index contributed by atoms with van der Waals surface area (Å²) in [4.78, 5) is 34.8. The van der Waals surface area contributed by atoms with Crippen molar-refractivity contribution in [2.75, 3.05) is 69.8 Å². The number of benzene rings is 2. The molecule has 10 heteroatoms. The largest absolute Gasteiger partial charge is 0.462 e. The Labute approximate surface area is 253 Å². The minimum absolute atomic E-state index is 0.132. The third-order valence-electron chi connectivity index (χ3n) is 9.01. The van der Waals surface area contributed by atoms with Crippen molar-refractivity contribution in [2.45, 2.75) is 37.5 Å². The number of carbonyl (C=O) groups is 1. The van der Waals surface area contributed by atoms with Crippen LogP contribution in [0.1, 0.15) is 17.7 Å². The van der Waals surface area contributed by atoms with Crippen LogP contribution in [-0.4, -0.2) is 104 Å². The number of carbonyl (C=O) groups excluding carboxylic acids is 1. The summed E-state index contributed by atoms with van der Waals surface area (Å²) in [6.45, 7) is 16.0. The third-order valence-corrected chi connectivity index (χ3v) is 9.01. The molecule has 1 aromatic heterocycles. The summed E-state index contributed by atoms with van der Waals surface area (Å²) in [6.07, 6.45) is 3.14. The summed E-state index contributed by atoms with van der Waals surface area (Å²) in [5, 5.41) is 6.02. The lowest BCUT2D eigenvalue weighted by Crippen LogP contribution is -2.56. The van der Waals surface area contributed by atoms with Gasteiger partial charge in [0.25, 0.3) is 0 Å². The molecule has 43 heavy (non-hydrogen) atoms. The number of fused-ring (bicyclic) bond motifs is 2. The first-order valence-corrected chi connectivity index (χ1v) is 15.1. The molecule has 0 saturated carbocycles. The van der Waals surface area contributed by atoms with Crippen molar-refractivity contribution in [1.29, 1.82) is 0 Å². The number of anilines is 2. The Morgan fingerprint density at radius 2 is 2.00 bits per heavy atom. The van der Waals surface area contributed by atoms with Crippen molar-refractivity contribution in [3.8, 4) is 6.01 Å². The molecule has 1 amide bonds. The average Bonchev–Trinajstić information content (AvgIpc) is 3.52. The van der Waals surface area contributed by atoms with Gasteiger partial charge in [-0.15, -0.1) is 0 Å². The van der Waals surface area contributed by atoms with Crippen molar-refractivity contribution >= 4 is 28.2 Å². The van der Waals surface area contributed by atoms with Gasteiger partial charge in [0.2, 0.25) is 12.5 Å². The van der Waals surface area contributed by atoms with E-state index in [9.17, 15) is 4.79 Å². The second-order valence-corrected chi connectivity index (χ2v) is 11.9. The van der Waals surface area contributed by atoms with Gasteiger partial charge in [-0.25, -0.2) is 6.57 Å². The van der Waals surface area contributed by atoms with Crippen LogP contribution in [0.3, 0.4) is 0 Å². The van der Waals surface area contributed by atoms with E-state index in [0.717, 1.165) is 43.0 Å². The molecule has 0 spiro atoms. The van der Waals surface area contributed by atoms with Crippen molar-refractivity contribution in [3.05, 3.63) is 77.8 Å². The van der Waals surface area contributed by atoms with Crippen molar-refractivity contribution in [2.24, 2.45) is 0 Å². The van der Waals surface area contributed by atoms with E-state index in [1.807, 2.05) is 0 Å². The first kappa shape index (κ1) is 28.9. The summed E-state index contributed by atoms with van der Waals surface area (Å²) in [5.74, 6) is 0.733. The van der Waals surface area contributed by atoms with Crippen LogP contribution in [0.25, 0.3) is 15.6 Å². The van der Waals surface area contributed by atoms with E-state index in [-0.39, 0.29) is 24.5 Å². The summed E-state index contributed by atoms with van der Waals surface area (Å²) >= 11 is 0. The van der Waals surface area contributed by atoms with Gasteiger partial charge in [-0.1, -0.05) is 43.0 Å². The van der Waals surface area contributed by atoms with Crippen LogP contribution in [0.5, 0.6) is 6.01 Å². The first-order chi connectivity index (χ1) is 20.9. The summed E-state index contributed by atoms with van der Waals surface area (Å²) in [7, 11) is 4.22. The maximum atomic E-state index is 12.5. The first-order valence-electron chi connectivity index (χ1n) is 15.1. The smallest absolute Gasteiger partial charge is 0.318 e. The molecule has 0 aliphatic carbocycles. The Balaban J connectivity index is 1.30. The number of rotatable bonds is 8. The highest BCUT2D eigenvalue weighted by Gasteiger charge is 2.35. The number of amides is 1. The van der Waals surface area contributed by atoms with Crippen LogP contribution < -0.4 is 19.9 Å². The molecule has 224 valence electrons. The maximum absolute atomic E-state index is 12.5. The number of likely N-dealkylation sites (N-methyl/N-ethyl adjacent to an activating group) is 1. The Morgan fingerprint density at radius 1 is 1.16 bits per heavy atom.